The Labute approximate surface area is 154 Å². The molecule has 0 spiro atoms. The molecule has 3 aromatic heterocycles. The van der Waals surface area contributed by atoms with Gasteiger partial charge in [0.15, 0.2) is 5.58 Å². The molecule has 0 atom stereocenters. The molecule has 3 heterocycles. The maximum Gasteiger partial charge on any atom is 0.417 e. The Kier molecular flexibility index (Phi) is 4.69. The number of hydrogen-bond donors (Lipinski definition) is 1. The van der Waals surface area contributed by atoms with E-state index in [1.807, 2.05) is 25.1 Å². The van der Waals surface area contributed by atoms with Crippen LogP contribution in [-0.4, -0.2) is 26.5 Å². The molecule has 1 N–H and O–H groups in total. The topological polar surface area (TPSA) is 107 Å². The minimum absolute atomic E-state index is 0.311. The Balaban J connectivity index is 1.58. The summed E-state index contributed by atoms with van der Waals surface area (Å²) in [5.74, 6) is 1.65. The van der Waals surface area contributed by atoms with E-state index in [1.54, 1.807) is 18.4 Å². The molecule has 0 aliphatic rings. The molecule has 1 aromatic carbocycles. The van der Waals surface area contributed by atoms with Crippen molar-refractivity contribution in [2.75, 3.05) is 6.61 Å². The number of oxazole rings is 1. The van der Waals surface area contributed by atoms with Crippen molar-refractivity contribution in [3.63, 3.8) is 0 Å². The van der Waals surface area contributed by atoms with Crippen LogP contribution in [0.2, 0.25) is 0 Å². The van der Waals surface area contributed by atoms with Gasteiger partial charge in [-0.15, -0.1) is 0 Å². The molecule has 0 bridgehead atoms. The summed E-state index contributed by atoms with van der Waals surface area (Å²) in [6.07, 6.45) is 3.44. The lowest BCUT2D eigenvalue weighted by Crippen LogP contribution is -2.08. The van der Waals surface area contributed by atoms with E-state index in [-0.39, 0.29) is 0 Å². The van der Waals surface area contributed by atoms with E-state index in [1.165, 1.54) is 0 Å². The fourth-order valence-electron chi connectivity index (χ4n) is 2.80. The van der Waals surface area contributed by atoms with E-state index >= 15 is 0 Å². The molecule has 0 unspecified atom stereocenters. The van der Waals surface area contributed by atoms with Crippen LogP contribution >= 0.6 is 0 Å². The monoisotopic (exact) mass is 366 g/mol. The Morgan fingerprint density at radius 1 is 1.11 bits per heavy atom. The zero-order valence-corrected chi connectivity index (χ0v) is 14.8. The summed E-state index contributed by atoms with van der Waals surface area (Å²) in [4.78, 5) is 27.2. The first kappa shape index (κ1) is 17.0. The van der Waals surface area contributed by atoms with Crippen molar-refractivity contribution in [2.24, 2.45) is 0 Å². The number of aryl methyl sites for hydroxylation is 2. The van der Waals surface area contributed by atoms with Crippen LogP contribution in [0, 0.1) is 0 Å². The van der Waals surface area contributed by atoms with E-state index in [4.69, 9.17) is 13.6 Å². The largest absolute Gasteiger partial charge is 0.469 e. The number of H-pyrrole nitrogens is 1. The van der Waals surface area contributed by atoms with Crippen LogP contribution in [0.15, 0.2) is 50.2 Å². The van der Waals surface area contributed by atoms with E-state index in [0.717, 1.165) is 11.3 Å². The maximum atomic E-state index is 11.3. The number of rotatable bonds is 7. The minimum atomic E-state index is -0.471. The van der Waals surface area contributed by atoms with Gasteiger partial charge in [-0.1, -0.05) is 6.07 Å². The standard InChI is InChI=1S/C19H18N4O4/c1-2-25-18-22-16(8-6-13-4-3-9-26-13)21-17(23-18)11-12-5-7-14-15(10-12)27-19(24)20-14/h3-5,7,9-10H,2,6,8,11H2,1H3,(H,20,24). The number of fused-ring (bicyclic) bond motifs is 1. The second kappa shape index (κ2) is 7.45. The van der Waals surface area contributed by atoms with Crippen LogP contribution in [-0.2, 0) is 19.3 Å². The van der Waals surface area contributed by atoms with Gasteiger partial charge in [-0.3, -0.25) is 4.98 Å². The normalized spacial score (nSPS) is 11.1. The van der Waals surface area contributed by atoms with Crippen LogP contribution in [0.3, 0.4) is 0 Å². The summed E-state index contributed by atoms with van der Waals surface area (Å²) in [6.45, 7) is 2.36. The van der Waals surface area contributed by atoms with Crippen LogP contribution in [0.5, 0.6) is 6.01 Å². The molecule has 0 radical (unpaired) electrons. The summed E-state index contributed by atoms with van der Waals surface area (Å²) in [7, 11) is 0. The van der Waals surface area contributed by atoms with Gasteiger partial charge in [0.25, 0.3) is 0 Å². The highest BCUT2D eigenvalue weighted by molar-refractivity contribution is 5.72. The van der Waals surface area contributed by atoms with Crippen LogP contribution < -0.4 is 10.5 Å². The number of hydrogen-bond acceptors (Lipinski definition) is 7. The number of ether oxygens (including phenoxy) is 1. The van der Waals surface area contributed by atoms with Crippen LogP contribution in [0.25, 0.3) is 11.1 Å². The van der Waals surface area contributed by atoms with Gasteiger partial charge in [-0.2, -0.15) is 9.97 Å². The predicted octanol–water partition coefficient (Wildman–Crippen LogP) is 2.67. The first-order valence-electron chi connectivity index (χ1n) is 8.70. The second-order valence-electron chi connectivity index (χ2n) is 5.98. The molecule has 4 aromatic rings. The Bertz CT molecular complexity index is 1100. The van der Waals surface area contributed by atoms with Crippen molar-refractivity contribution in [3.05, 3.63) is 70.1 Å². The quantitative estimate of drug-likeness (QED) is 0.536. The van der Waals surface area contributed by atoms with Gasteiger partial charge >= 0.3 is 11.8 Å². The first-order chi connectivity index (χ1) is 13.2. The van der Waals surface area contributed by atoms with Crippen LogP contribution in [0.1, 0.15) is 29.9 Å². The van der Waals surface area contributed by atoms with E-state index in [0.29, 0.717) is 54.6 Å². The van der Waals surface area contributed by atoms with Gasteiger partial charge in [0.2, 0.25) is 0 Å². The summed E-state index contributed by atoms with van der Waals surface area (Å²) < 4.78 is 16.0. The number of aromatic nitrogens is 4. The van der Waals surface area contributed by atoms with Crippen molar-refractivity contribution < 1.29 is 13.6 Å². The molecule has 0 aliphatic carbocycles. The summed E-state index contributed by atoms with van der Waals surface area (Å²) in [6, 6.07) is 9.60. The summed E-state index contributed by atoms with van der Waals surface area (Å²) >= 11 is 0. The van der Waals surface area contributed by atoms with Crippen LogP contribution in [0.4, 0.5) is 0 Å². The van der Waals surface area contributed by atoms with Crippen molar-refractivity contribution >= 4 is 11.1 Å². The van der Waals surface area contributed by atoms with Gasteiger partial charge in [-0.25, -0.2) is 9.78 Å². The minimum Gasteiger partial charge on any atom is -0.469 e. The van der Waals surface area contributed by atoms with Crippen molar-refractivity contribution in [1.82, 2.24) is 19.9 Å². The average molecular weight is 366 g/mol. The molecule has 0 saturated heterocycles. The average Bonchev–Trinajstić information content (AvgIpc) is 3.28. The molecule has 0 amide bonds. The molecule has 4 rings (SSSR count). The van der Waals surface area contributed by atoms with E-state index in [2.05, 4.69) is 19.9 Å². The third-order valence-corrected chi connectivity index (χ3v) is 4.00. The smallest absolute Gasteiger partial charge is 0.417 e. The van der Waals surface area contributed by atoms with Gasteiger partial charge in [0.05, 0.1) is 18.4 Å². The fourth-order valence-corrected chi connectivity index (χ4v) is 2.80. The second-order valence-corrected chi connectivity index (χ2v) is 5.98. The van der Waals surface area contributed by atoms with Gasteiger partial charge in [-0.05, 0) is 36.8 Å². The zero-order chi connectivity index (χ0) is 18.6. The Morgan fingerprint density at radius 3 is 2.81 bits per heavy atom. The third-order valence-electron chi connectivity index (χ3n) is 4.00. The highest BCUT2D eigenvalue weighted by Gasteiger charge is 2.11. The molecule has 8 nitrogen and oxygen atoms in total. The molecule has 0 aliphatic heterocycles. The zero-order valence-electron chi connectivity index (χ0n) is 14.8. The van der Waals surface area contributed by atoms with E-state index < -0.39 is 5.76 Å². The molecule has 8 heteroatoms. The number of nitrogens with zero attached hydrogens (tertiary/aromatic N) is 3. The number of furan rings is 1. The molecular formula is C19H18N4O4. The summed E-state index contributed by atoms with van der Waals surface area (Å²) in [5.41, 5.74) is 2.10. The fraction of sp³-hybridized carbons (Fsp3) is 0.263. The van der Waals surface area contributed by atoms with Crippen molar-refractivity contribution in [1.29, 1.82) is 0 Å². The molecule has 138 valence electrons. The lowest BCUT2D eigenvalue weighted by atomic mass is 10.1. The van der Waals surface area contributed by atoms with Gasteiger partial charge < -0.3 is 13.6 Å². The molecule has 27 heavy (non-hydrogen) atoms. The van der Waals surface area contributed by atoms with E-state index in [9.17, 15) is 4.79 Å². The van der Waals surface area contributed by atoms with Gasteiger partial charge in [0.1, 0.15) is 17.4 Å². The molecule has 0 fully saturated rings. The summed E-state index contributed by atoms with van der Waals surface area (Å²) in [5, 5.41) is 0. The number of benzene rings is 1. The van der Waals surface area contributed by atoms with Gasteiger partial charge in [0, 0.05) is 19.3 Å². The SMILES string of the molecule is CCOc1nc(CCc2ccco2)nc(Cc2ccc3[nH]c(=O)oc3c2)n1. The predicted molar refractivity (Wildman–Crippen MR) is 96.8 cm³/mol. The Hall–Kier alpha value is -3.42. The lowest BCUT2D eigenvalue weighted by Gasteiger charge is -2.07. The van der Waals surface area contributed by atoms with Crippen molar-refractivity contribution in [3.8, 4) is 6.01 Å². The molecular weight excluding hydrogens is 348 g/mol. The lowest BCUT2D eigenvalue weighted by molar-refractivity contribution is 0.308. The number of aromatic amines is 1. The highest BCUT2D eigenvalue weighted by Crippen LogP contribution is 2.16. The highest BCUT2D eigenvalue weighted by atomic mass is 16.5. The Morgan fingerprint density at radius 2 is 2.00 bits per heavy atom. The molecule has 0 saturated carbocycles. The van der Waals surface area contributed by atoms with Crippen molar-refractivity contribution in [2.45, 2.75) is 26.2 Å². The first-order valence-corrected chi connectivity index (χ1v) is 8.70. The third kappa shape index (κ3) is 4.05. The maximum absolute atomic E-state index is 11.3. The number of nitrogens with one attached hydrogen (secondary N) is 1.